The van der Waals surface area contributed by atoms with Crippen LogP contribution in [0.15, 0.2) is 89.2 Å². The predicted octanol–water partition coefficient (Wildman–Crippen LogP) is 7.18. The van der Waals surface area contributed by atoms with Crippen LogP contribution >= 0.6 is 11.3 Å². The van der Waals surface area contributed by atoms with Crippen molar-refractivity contribution in [3.8, 4) is 38.7 Å². The number of aromatic hydroxyl groups is 1. The maximum atomic E-state index is 14.3. The quantitative estimate of drug-likeness (QED) is 0.119. The van der Waals surface area contributed by atoms with E-state index in [9.17, 15) is 19.8 Å². The number of aryl methyl sites for hydroxylation is 2. The number of fused-ring (bicyclic) bond motifs is 1. The molecule has 5 aromatic heterocycles. The van der Waals surface area contributed by atoms with Gasteiger partial charge >= 0.3 is 0 Å². The molecule has 3 N–H and O–H groups in total. The number of nitrogens with zero attached hydrogens (tertiary/aromatic N) is 9. The van der Waals surface area contributed by atoms with E-state index in [1.54, 1.807) is 41.9 Å². The molecule has 0 saturated carbocycles. The van der Waals surface area contributed by atoms with Gasteiger partial charge in [0.1, 0.15) is 34.7 Å². The van der Waals surface area contributed by atoms with Crippen molar-refractivity contribution in [1.82, 2.24) is 45.1 Å². The number of phenolic OH excluding ortho intramolecular Hbond substituents is 1. The minimum atomic E-state index is -0.838. The number of benzene rings is 2. The minimum absolute atomic E-state index is 0.0450. The molecule has 0 aliphatic carbocycles. The van der Waals surface area contributed by atoms with E-state index in [1.165, 1.54) is 10.6 Å². The number of carbonyl (C=O) groups is 2. The summed E-state index contributed by atoms with van der Waals surface area (Å²) in [6, 6.07) is 19.9. The van der Waals surface area contributed by atoms with Crippen molar-refractivity contribution in [2.24, 2.45) is 13.0 Å². The Morgan fingerprint density at radius 2 is 1.67 bits per heavy atom. The molecule has 9 rings (SSSR count). The summed E-state index contributed by atoms with van der Waals surface area (Å²) < 4.78 is 8.01. The third kappa shape index (κ3) is 8.27. The van der Waals surface area contributed by atoms with E-state index in [0.717, 1.165) is 58.7 Å². The van der Waals surface area contributed by atoms with Crippen molar-refractivity contribution in [3.63, 3.8) is 0 Å². The van der Waals surface area contributed by atoms with E-state index >= 15 is 0 Å². The van der Waals surface area contributed by atoms with Gasteiger partial charge in [0.2, 0.25) is 17.8 Å². The molecule has 0 radical (unpaired) electrons. The molecule has 63 heavy (non-hydrogen) atoms. The smallest absolute Gasteiger partial charge is 0.243 e. The second-order valence-corrected chi connectivity index (χ2v) is 17.9. The summed E-state index contributed by atoms with van der Waals surface area (Å²) in [5, 5.41) is 37.4. The lowest BCUT2D eigenvalue weighted by Gasteiger charge is -2.32. The molecular formula is C47H50N10O5S. The molecule has 16 heteroatoms. The summed E-state index contributed by atoms with van der Waals surface area (Å²) in [6.07, 6.45) is 4.57. The standard InChI is InChI=1S/C47H50N10O5S/c1-26(2)43(46(61)57-24-33(58)18-40(57)45(60)51-27(3)29-10-12-31(13-11-29)44-28(4)50-25-63-44)42-21-35(54-62-42)32-22-48-47(49-23-32)56-16-14-30(15-17-56)38-20-37-39(55(38)5)19-36(52-53-37)34-8-6-7-9-41(34)59/h6-13,19-23,25-27,30,33,40,43,58-59H,14-18,24H2,1-5H3,(H,51,60)/t27-,33+,40-,43?/m0/s1. The number of hydrogen-bond acceptors (Lipinski definition) is 13. The zero-order valence-corrected chi connectivity index (χ0v) is 36.7. The van der Waals surface area contributed by atoms with Gasteiger partial charge in [0.05, 0.1) is 39.4 Å². The third-order valence-corrected chi connectivity index (χ3v) is 13.5. The number of para-hydroxylation sites is 1. The highest BCUT2D eigenvalue weighted by Crippen LogP contribution is 2.36. The molecule has 7 heterocycles. The van der Waals surface area contributed by atoms with Gasteiger partial charge in [0.15, 0.2) is 0 Å². The molecule has 15 nitrogen and oxygen atoms in total. The van der Waals surface area contributed by atoms with Crippen LogP contribution in [0.1, 0.15) is 80.6 Å². The molecule has 2 amide bonds. The Morgan fingerprint density at radius 1 is 0.921 bits per heavy atom. The number of carbonyl (C=O) groups excluding carboxylic acids is 2. The Hall–Kier alpha value is -6.52. The summed E-state index contributed by atoms with van der Waals surface area (Å²) >= 11 is 1.59. The Labute approximate surface area is 368 Å². The molecule has 4 atom stereocenters. The average molecular weight is 867 g/mol. The average Bonchev–Trinajstić information content (AvgIpc) is 4.11. The Balaban J connectivity index is 0.832. The number of likely N-dealkylation sites (tertiary alicyclic amines) is 1. The van der Waals surface area contributed by atoms with Crippen LogP contribution < -0.4 is 10.2 Å². The maximum absolute atomic E-state index is 14.3. The number of piperidine rings is 1. The largest absolute Gasteiger partial charge is 0.507 e. The molecule has 2 fully saturated rings. The fourth-order valence-electron chi connectivity index (χ4n) is 9.03. The summed E-state index contributed by atoms with van der Waals surface area (Å²) in [5.41, 5.74) is 10.2. The van der Waals surface area contributed by atoms with Gasteiger partial charge in [0, 0.05) is 74.3 Å². The maximum Gasteiger partial charge on any atom is 0.243 e. The monoisotopic (exact) mass is 866 g/mol. The number of amides is 2. The van der Waals surface area contributed by atoms with Crippen LogP contribution in [0.25, 0.3) is 44.0 Å². The van der Waals surface area contributed by atoms with E-state index in [1.807, 2.05) is 75.7 Å². The molecule has 0 bridgehead atoms. The fraction of sp³-hybridized carbons (Fsp3) is 0.362. The number of aromatic nitrogens is 7. The van der Waals surface area contributed by atoms with Gasteiger partial charge in [-0.05, 0) is 68.0 Å². The first-order valence-corrected chi connectivity index (χ1v) is 22.3. The number of anilines is 1. The lowest BCUT2D eigenvalue weighted by atomic mass is 9.91. The van der Waals surface area contributed by atoms with Crippen molar-refractivity contribution < 1.29 is 24.3 Å². The first-order valence-electron chi connectivity index (χ1n) is 21.4. The van der Waals surface area contributed by atoms with Crippen LogP contribution in [-0.4, -0.2) is 93.6 Å². The minimum Gasteiger partial charge on any atom is -0.507 e. The number of rotatable bonds is 11. The van der Waals surface area contributed by atoms with Gasteiger partial charge in [-0.25, -0.2) is 15.0 Å². The third-order valence-electron chi connectivity index (χ3n) is 12.6. The van der Waals surface area contributed by atoms with Crippen molar-refractivity contribution in [2.45, 2.75) is 77.0 Å². The molecule has 2 saturated heterocycles. The first-order chi connectivity index (χ1) is 30.4. The summed E-state index contributed by atoms with van der Waals surface area (Å²) in [7, 11) is 2.05. The molecule has 7 aromatic rings. The van der Waals surface area contributed by atoms with Crippen molar-refractivity contribution in [1.29, 1.82) is 0 Å². The topological polar surface area (TPSA) is 189 Å². The van der Waals surface area contributed by atoms with Crippen LogP contribution in [0.4, 0.5) is 5.95 Å². The normalized spacial score (nSPS) is 18.0. The van der Waals surface area contributed by atoms with Crippen LogP contribution in [0.2, 0.25) is 0 Å². The van der Waals surface area contributed by atoms with Crippen LogP contribution in [-0.2, 0) is 16.6 Å². The van der Waals surface area contributed by atoms with Crippen molar-refractivity contribution >= 4 is 40.1 Å². The molecule has 2 aliphatic heterocycles. The lowest BCUT2D eigenvalue weighted by molar-refractivity contribution is -0.141. The number of β-amino-alcohol motifs (C(OH)–C–C–N with tert-alkyl or cyclic N) is 1. The van der Waals surface area contributed by atoms with E-state index in [4.69, 9.17) is 14.5 Å². The van der Waals surface area contributed by atoms with E-state index in [2.05, 4.69) is 48.2 Å². The van der Waals surface area contributed by atoms with Gasteiger partial charge in [0.25, 0.3) is 0 Å². The fourth-order valence-corrected chi connectivity index (χ4v) is 9.84. The Kier molecular flexibility index (Phi) is 11.5. The highest BCUT2D eigenvalue weighted by Gasteiger charge is 2.43. The molecule has 2 aromatic carbocycles. The van der Waals surface area contributed by atoms with Crippen molar-refractivity contribution in [2.75, 3.05) is 24.5 Å². The molecular weight excluding hydrogens is 817 g/mol. The van der Waals surface area contributed by atoms with Gasteiger partial charge < -0.3 is 34.4 Å². The summed E-state index contributed by atoms with van der Waals surface area (Å²) in [4.78, 5) is 46.6. The van der Waals surface area contributed by atoms with E-state index < -0.39 is 18.1 Å². The Morgan fingerprint density at radius 3 is 2.37 bits per heavy atom. The molecule has 2 aliphatic rings. The van der Waals surface area contributed by atoms with Crippen LogP contribution in [0.5, 0.6) is 5.75 Å². The van der Waals surface area contributed by atoms with Gasteiger partial charge in [-0.1, -0.05) is 55.4 Å². The number of nitrogens with one attached hydrogen (secondary N) is 1. The van der Waals surface area contributed by atoms with E-state index in [-0.39, 0.29) is 42.5 Å². The Bertz CT molecular complexity index is 2760. The van der Waals surface area contributed by atoms with Gasteiger partial charge in [-0.15, -0.1) is 21.5 Å². The molecule has 1 unspecified atom stereocenters. The number of phenols is 1. The van der Waals surface area contributed by atoms with Gasteiger partial charge in [-0.2, -0.15) is 0 Å². The molecule has 0 spiro atoms. The number of aliphatic hydroxyl groups is 1. The highest BCUT2D eigenvalue weighted by molar-refractivity contribution is 7.13. The first kappa shape index (κ1) is 41.8. The number of thiazole rings is 1. The second-order valence-electron chi connectivity index (χ2n) is 17.0. The number of hydrogen-bond donors (Lipinski definition) is 3. The zero-order valence-electron chi connectivity index (χ0n) is 35.8. The lowest BCUT2D eigenvalue weighted by Crippen LogP contribution is -2.48. The predicted molar refractivity (Wildman–Crippen MR) is 240 cm³/mol. The van der Waals surface area contributed by atoms with Crippen LogP contribution in [0, 0.1) is 12.8 Å². The second kappa shape index (κ2) is 17.3. The summed E-state index contributed by atoms with van der Waals surface area (Å²) in [6.45, 7) is 9.34. The van der Waals surface area contributed by atoms with Crippen LogP contribution in [0.3, 0.4) is 0 Å². The highest BCUT2D eigenvalue weighted by atomic mass is 32.1. The number of aliphatic hydroxyl groups excluding tert-OH is 1. The van der Waals surface area contributed by atoms with Gasteiger partial charge in [-0.3, -0.25) is 9.59 Å². The zero-order chi connectivity index (χ0) is 43.9. The SMILES string of the molecule is Cc1ncsc1-c1ccc([C@H](C)NC(=O)[C@@H]2C[C@@H](O)CN2C(=O)C(c2cc(-c3cnc(N4CCC(c5cc6nnc(-c7ccccc7O)cc6n5C)CC4)nc3)no2)C(C)C)cc1. The van der Waals surface area contributed by atoms with Crippen molar-refractivity contribution in [3.05, 3.63) is 107 Å². The van der Waals surface area contributed by atoms with E-state index in [0.29, 0.717) is 40.1 Å². The molecule has 324 valence electrons. The summed E-state index contributed by atoms with van der Waals surface area (Å²) in [5.74, 6) is -0.0601.